The van der Waals surface area contributed by atoms with Crippen LogP contribution in [0, 0.1) is 6.92 Å². The lowest BCUT2D eigenvalue weighted by Gasteiger charge is -2.24. The second kappa shape index (κ2) is 78.3. The van der Waals surface area contributed by atoms with Crippen molar-refractivity contribution >= 4 is 247 Å². The summed E-state index contributed by atoms with van der Waals surface area (Å²) in [5.74, 6) is 8.38. The lowest BCUT2D eigenvalue weighted by molar-refractivity contribution is 0.117. The van der Waals surface area contributed by atoms with Gasteiger partial charge >= 0.3 is 35.9 Å². The molecule has 6 aromatic rings. The Kier molecular flexibility index (Phi) is 79.8. The van der Waals surface area contributed by atoms with E-state index in [-0.39, 0.29) is 5.75 Å². The molecule has 734 valence electrons. The SMILES string of the molecule is C=CCCl.C=CCOc1cc(Br)c(OCC=C)cc1Br.C=CCOc1cc(Br)c(OCC=C)cc1Br.CCCOc1cc(Br)c(OCC[Si](OC)(OC)OC)cc1Br.CCCOc1cc(Br)c(OCC[Si](OC)(OC)OC)cc1Br.CCN(CC)CC.CO[SiH](OC)OC.CO[Si](CCOc1cc(Br)c(OCC[Si](C)(C)C)cc1Br)(OC)OC.Cc1cc(Br)c(O)cc1Br. The molecule has 0 aromatic heterocycles. The topological polar surface area (TPSA) is 227 Å². The van der Waals surface area contributed by atoms with Crippen molar-refractivity contribution in [3.63, 3.8) is 0 Å². The normalized spacial score (nSPS) is 10.8. The van der Waals surface area contributed by atoms with E-state index in [1.54, 1.807) is 122 Å². The number of ether oxygens (including phenoxy) is 10. The van der Waals surface area contributed by atoms with Gasteiger partial charge in [-0.15, -0.1) is 18.2 Å². The lowest BCUT2D eigenvalue weighted by Crippen LogP contribution is -2.44. The minimum Gasteiger partial charge on any atom is -0.507 e. The van der Waals surface area contributed by atoms with Crippen molar-refractivity contribution in [1.29, 1.82) is 0 Å². The molecule has 0 amide bonds. The summed E-state index contributed by atoms with van der Waals surface area (Å²) in [4.78, 5) is 2.38. The maximum absolute atomic E-state index is 9.15. The maximum Gasteiger partial charge on any atom is 0.503 e. The van der Waals surface area contributed by atoms with Crippen molar-refractivity contribution in [1.82, 2.24) is 4.90 Å². The van der Waals surface area contributed by atoms with Crippen LogP contribution in [0.15, 0.2) is 190 Å². The van der Waals surface area contributed by atoms with Crippen LogP contribution in [0.2, 0.25) is 43.8 Å². The summed E-state index contributed by atoms with van der Waals surface area (Å²) >= 11 is 46.3. The number of benzene rings is 6. The molecule has 0 aliphatic rings. The van der Waals surface area contributed by atoms with Gasteiger partial charge < -0.3 is 110 Å². The summed E-state index contributed by atoms with van der Waals surface area (Å²) in [7, 11) is 8.42. The first-order valence-electron chi connectivity index (χ1n) is 40.0. The van der Waals surface area contributed by atoms with Gasteiger partial charge in [-0.25, -0.2) is 0 Å². The van der Waals surface area contributed by atoms with E-state index in [0.29, 0.717) is 83.5 Å². The second-order valence-corrected chi connectivity index (χ2v) is 54.1. The molecule has 0 fully saturated rings. The Bertz CT molecular complexity index is 3740. The van der Waals surface area contributed by atoms with E-state index in [9.17, 15) is 0 Å². The van der Waals surface area contributed by atoms with E-state index in [0.717, 1.165) is 142 Å². The van der Waals surface area contributed by atoms with Crippen LogP contribution in [-0.4, -0.2) is 231 Å². The minimum atomic E-state index is -2.62. The highest BCUT2D eigenvalue weighted by Crippen LogP contribution is 2.42. The van der Waals surface area contributed by atoms with E-state index in [2.05, 4.69) is 283 Å². The molecule has 0 radical (unpaired) electrons. The number of phenolic OH excluding ortho intramolecular Hbond substituents is 1. The van der Waals surface area contributed by atoms with Crippen molar-refractivity contribution in [3.8, 4) is 63.2 Å². The molecule has 1 N–H and O–H groups in total. The Morgan fingerprint density at radius 2 is 0.512 bits per heavy atom. The van der Waals surface area contributed by atoms with E-state index in [1.807, 2.05) is 73.7 Å². The highest BCUT2D eigenvalue weighted by molar-refractivity contribution is 9.12. The van der Waals surface area contributed by atoms with Crippen LogP contribution in [0.4, 0.5) is 0 Å². The summed E-state index contributed by atoms with van der Waals surface area (Å²) in [6.45, 7) is 46.2. The number of rotatable bonds is 50. The monoisotopic (exact) mass is 2680 g/mol. The first-order valence-corrected chi connectivity index (χ1v) is 61.0. The Balaban J connectivity index is -0.00000144. The molecular weight excluding hydrogens is 2560 g/mol. The predicted octanol–water partition coefficient (Wildman–Crippen LogP) is 28.0. The smallest absolute Gasteiger partial charge is 0.503 e. The molecule has 0 saturated carbocycles. The van der Waals surface area contributed by atoms with Gasteiger partial charge in [0.2, 0.25) is 0 Å². The molecule has 129 heavy (non-hydrogen) atoms. The highest BCUT2D eigenvalue weighted by atomic mass is 79.9. The molecule has 0 aliphatic heterocycles. The Labute approximate surface area is 881 Å². The number of nitrogens with zero attached hydrogens (tertiary/aromatic N) is 1. The average molecular weight is 2690 g/mol. The molecule has 0 heterocycles. The molecule has 0 aliphatic carbocycles. The summed E-state index contributed by atoms with van der Waals surface area (Å²) in [6.07, 6.45) is 10.3. The molecule has 6 rings (SSSR count). The summed E-state index contributed by atoms with van der Waals surface area (Å²) < 4.78 is 129. The van der Waals surface area contributed by atoms with Gasteiger partial charge in [-0.1, -0.05) is 127 Å². The van der Waals surface area contributed by atoms with Crippen molar-refractivity contribution in [2.45, 2.75) is 98.2 Å². The van der Waals surface area contributed by atoms with E-state index >= 15 is 0 Å². The number of aromatic hydroxyl groups is 1. The van der Waals surface area contributed by atoms with Crippen molar-refractivity contribution in [2.24, 2.45) is 0 Å². The third-order valence-electron chi connectivity index (χ3n) is 16.4. The standard InChI is InChI=1S/C16H28Br2O5Si2.2C14H22Br2O5Si.2C12H12Br2O2.C7H6Br2O.C6H15N.C3H5Cl.C3H10O3Si/c1-19-25(20-2,21-3)10-8-23-16-12-13(17)15(11-14(16)18)22-7-9-24(4,5)6;2*1-5-6-20-13-9-12(16)14(10-11(13)15)21-7-8-22(17-2,18-3)19-4;2*1-3-5-15-11-7-10(14)12(8-9(11)13)16-6-4-2;1-4-2-6(9)7(10)3-5(4)8;1-4-7(5-2)6-3;1-2-3-4;1-4-7(5-2)6-3/h11-12H,7-10H2,1-6H3;2*9-10H,5-8H2,1-4H3;2*3-4,7-8H,1-2,5-6H2;2-3,10H,1H3;4-6H2,1-3H3;2H,1,3H2;7H,1-3H3. The van der Waals surface area contributed by atoms with Gasteiger partial charge in [0.1, 0.15) is 89.7 Å². The number of phenols is 1. The van der Waals surface area contributed by atoms with Crippen molar-refractivity contribution in [3.05, 3.63) is 195 Å². The number of allylic oxidation sites excluding steroid dienone is 1. The zero-order valence-corrected chi connectivity index (χ0v) is 103. The lowest BCUT2D eigenvalue weighted by atomic mass is 10.2. The Hall–Kier alpha value is -1.57. The number of halogens is 13. The van der Waals surface area contributed by atoms with Crippen molar-refractivity contribution < 1.29 is 106 Å². The van der Waals surface area contributed by atoms with Crippen molar-refractivity contribution in [2.75, 3.05) is 177 Å². The van der Waals surface area contributed by atoms with Gasteiger partial charge in [-0.2, -0.15) is 0 Å². The fourth-order valence-electron chi connectivity index (χ4n) is 9.27. The minimum absolute atomic E-state index is 0.262. The summed E-state index contributed by atoms with van der Waals surface area (Å²) in [5, 5.41) is 9.15. The zero-order chi connectivity index (χ0) is 98.7. The van der Waals surface area contributed by atoms with Crippen LogP contribution in [0.25, 0.3) is 0 Å². The number of aryl methyl sites for hydroxylation is 1. The quantitative estimate of drug-likeness (QED) is 0.0213. The van der Waals surface area contributed by atoms with Crippen LogP contribution in [0.1, 0.15) is 53.0 Å². The maximum atomic E-state index is 9.15. The fourth-order valence-corrected chi connectivity index (χ4v) is 20.1. The molecule has 6 aromatic carbocycles. The first kappa shape index (κ1) is 132. The largest absolute Gasteiger partial charge is 0.507 e. The predicted molar refractivity (Wildman–Crippen MR) is 579 cm³/mol. The summed E-state index contributed by atoms with van der Waals surface area (Å²) in [6, 6.07) is 25.1. The molecule has 0 atom stereocenters. The fraction of sp³-hybridized carbons (Fsp3) is 0.471. The van der Waals surface area contributed by atoms with Crippen LogP contribution in [0.3, 0.4) is 0 Å². The third kappa shape index (κ3) is 56.3. The van der Waals surface area contributed by atoms with Gasteiger partial charge in [0.05, 0.1) is 107 Å². The molecule has 0 saturated heterocycles. The van der Waals surface area contributed by atoms with Gasteiger partial charge in [0, 0.05) is 104 Å². The van der Waals surface area contributed by atoms with Gasteiger partial charge in [0.15, 0.2) is 0 Å². The number of hydrogen-bond acceptors (Lipinski definition) is 24. The Morgan fingerprint density at radius 3 is 0.659 bits per heavy atom. The first-order chi connectivity index (χ1) is 61.3. The molecule has 0 spiro atoms. The number of hydrogen-bond donors (Lipinski definition) is 1. The van der Waals surface area contributed by atoms with Crippen LogP contribution in [-0.2, 0) is 53.1 Å². The van der Waals surface area contributed by atoms with Gasteiger partial charge in [-0.05, 0) is 299 Å². The van der Waals surface area contributed by atoms with Crippen LogP contribution >= 0.6 is 203 Å². The third-order valence-corrected chi connectivity index (χ3v) is 35.3. The molecule has 0 unspecified atom stereocenters. The average Bonchev–Trinajstić information content (AvgIpc) is 0.852. The van der Waals surface area contributed by atoms with E-state index in [4.69, 9.17) is 117 Å². The van der Waals surface area contributed by atoms with E-state index in [1.165, 1.54) is 19.6 Å². The number of alkyl halides is 1. The summed E-state index contributed by atoms with van der Waals surface area (Å²) in [5.41, 5.74) is 1.10. The zero-order valence-electron chi connectivity index (χ0n) is 77.9. The van der Waals surface area contributed by atoms with E-state index < -0.39 is 44.0 Å². The molecule has 24 nitrogen and oxygen atoms in total. The second-order valence-electron chi connectivity index (χ2n) is 26.6. The van der Waals surface area contributed by atoms with Gasteiger partial charge in [-0.3, -0.25) is 0 Å². The van der Waals surface area contributed by atoms with Crippen LogP contribution in [0.5, 0.6) is 63.2 Å². The van der Waals surface area contributed by atoms with Crippen LogP contribution < -0.4 is 47.4 Å². The van der Waals surface area contributed by atoms with Gasteiger partial charge in [0.25, 0.3) is 0 Å². The Morgan fingerprint density at radius 1 is 0.310 bits per heavy atom. The molecular formula is C87H132Br12ClNO23Si5. The molecule has 0 bridgehead atoms. The molecule has 42 heteroatoms. The highest BCUT2D eigenvalue weighted by Gasteiger charge is 2.40.